The van der Waals surface area contributed by atoms with E-state index >= 15 is 0 Å². The first-order valence-electron chi connectivity index (χ1n) is 8.03. The Hall–Kier alpha value is -2.15. The summed E-state index contributed by atoms with van der Waals surface area (Å²) >= 11 is 0. The summed E-state index contributed by atoms with van der Waals surface area (Å²) in [6.45, 7) is 4.16. The quantitative estimate of drug-likeness (QED) is 0.791. The van der Waals surface area contributed by atoms with Crippen molar-refractivity contribution in [1.29, 1.82) is 0 Å². The highest BCUT2D eigenvalue weighted by atomic mass is 16.7. The number of hydrogen-bond donors (Lipinski definition) is 1. The van der Waals surface area contributed by atoms with Crippen molar-refractivity contribution >= 4 is 5.97 Å². The fourth-order valence-corrected chi connectivity index (χ4v) is 3.17. The molecule has 7 nitrogen and oxygen atoms in total. The number of cyclic esters (lactones) is 1. The lowest BCUT2D eigenvalue weighted by Gasteiger charge is -2.17. The number of carbonyl (C=O) groups excluding carboxylic acids is 1. The van der Waals surface area contributed by atoms with Crippen molar-refractivity contribution in [2.24, 2.45) is 0 Å². The van der Waals surface area contributed by atoms with Gasteiger partial charge in [0.2, 0.25) is 18.3 Å². The fraction of sp³-hybridized carbons (Fsp3) is 0.588. The van der Waals surface area contributed by atoms with Crippen LogP contribution < -0.4 is 24.3 Å². The third-order valence-corrected chi connectivity index (χ3v) is 4.11. The zero-order valence-corrected chi connectivity index (χ0v) is 14.4. The first-order valence-corrected chi connectivity index (χ1v) is 8.03. The van der Waals surface area contributed by atoms with Crippen molar-refractivity contribution < 1.29 is 28.5 Å². The summed E-state index contributed by atoms with van der Waals surface area (Å²) in [7, 11) is 3.13. The van der Waals surface area contributed by atoms with Gasteiger partial charge in [-0.3, -0.25) is 4.79 Å². The van der Waals surface area contributed by atoms with Crippen LogP contribution >= 0.6 is 0 Å². The lowest BCUT2D eigenvalue weighted by molar-refractivity contribution is -0.143. The lowest BCUT2D eigenvalue weighted by Crippen LogP contribution is -2.37. The van der Waals surface area contributed by atoms with Crippen molar-refractivity contribution in [3.05, 3.63) is 11.6 Å². The van der Waals surface area contributed by atoms with Crippen molar-refractivity contribution in [2.75, 3.05) is 21.0 Å². The SMILES string of the molecule is COc1c(C[C@H]2C[C@@H](NC(C)C)C(=O)O2)cc2c(c1OC)OCO2. The molecular weight excluding hydrogens is 314 g/mol. The molecule has 0 bridgehead atoms. The summed E-state index contributed by atoms with van der Waals surface area (Å²) < 4.78 is 27.3. The van der Waals surface area contributed by atoms with E-state index in [-0.39, 0.29) is 30.9 Å². The van der Waals surface area contributed by atoms with Gasteiger partial charge in [-0.1, -0.05) is 13.8 Å². The smallest absolute Gasteiger partial charge is 0.323 e. The van der Waals surface area contributed by atoms with Crippen molar-refractivity contribution in [2.45, 2.75) is 44.9 Å². The minimum atomic E-state index is -0.267. The zero-order chi connectivity index (χ0) is 17.3. The van der Waals surface area contributed by atoms with Crippen LogP contribution in [-0.4, -0.2) is 45.2 Å². The summed E-state index contributed by atoms with van der Waals surface area (Å²) in [5, 5.41) is 3.22. The lowest BCUT2D eigenvalue weighted by atomic mass is 10.0. The monoisotopic (exact) mass is 337 g/mol. The van der Waals surface area contributed by atoms with Gasteiger partial charge in [0.1, 0.15) is 12.1 Å². The predicted molar refractivity (Wildman–Crippen MR) is 85.9 cm³/mol. The van der Waals surface area contributed by atoms with Crippen LogP contribution in [0, 0.1) is 0 Å². The van der Waals surface area contributed by atoms with E-state index in [1.165, 1.54) is 0 Å². The van der Waals surface area contributed by atoms with Gasteiger partial charge in [-0.25, -0.2) is 0 Å². The number of rotatable bonds is 6. The van der Waals surface area contributed by atoms with E-state index in [4.69, 9.17) is 23.7 Å². The van der Waals surface area contributed by atoms with Crippen LogP contribution in [0.1, 0.15) is 25.8 Å². The largest absolute Gasteiger partial charge is 0.492 e. The van der Waals surface area contributed by atoms with Gasteiger partial charge in [-0.2, -0.15) is 0 Å². The van der Waals surface area contributed by atoms with E-state index in [0.717, 1.165) is 5.56 Å². The van der Waals surface area contributed by atoms with Crippen LogP contribution in [0.5, 0.6) is 23.0 Å². The van der Waals surface area contributed by atoms with E-state index in [9.17, 15) is 4.79 Å². The molecule has 2 aliphatic heterocycles. The van der Waals surface area contributed by atoms with E-state index in [0.29, 0.717) is 35.8 Å². The molecule has 0 spiro atoms. The molecule has 1 saturated heterocycles. The average Bonchev–Trinajstić information content (AvgIpc) is 3.12. The second kappa shape index (κ2) is 6.76. The van der Waals surface area contributed by atoms with Gasteiger partial charge in [0.25, 0.3) is 0 Å². The molecule has 24 heavy (non-hydrogen) atoms. The Morgan fingerprint density at radius 2 is 2.00 bits per heavy atom. The molecule has 0 radical (unpaired) electrons. The number of hydrogen-bond acceptors (Lipinski definition) is 7. The molecule has 1 aromatic carbocycles. The second-order valence-electron chi connectivity index (χ2n) is 6.21. The molecule has 0 unspecified atom stereocenters. The highest BCUT2D eigenvalue weighted by molar-refractivity contribution is 5.78. The number of methoxy groups -OCH3 is 2. The third kappa shape index (κ3) is 3.08. The number of fused-ring (bicyclic) bond motifs is 1. The Kier molecular flexibility index (Phi) is 4.71. The van der Waals surface area contributed by atoms with Crippen molar-refractivity contribution in [3.8, 4) is 23.0 Å². The maximum absolute atomic E-state index is 12.0. The predicted octanol–water partition coefficient (Wildman–Crippen LogP) is 1.66. The van der Waals surface area contributed by atoms with Gasteiger partial charge in [-0.15, -0.1) is 0 Å². The Bertz CT molecular complexity index is 630. The Balaban J connectivity index is 1.82. The van der Waals surface area contributed by atoms with Crippen LogP contribution in [-0.2, 0) is 16.0 Å². The molecule has 0 aliphatic carbocycles. The van der Waals surface area contributed by atoms with Crippen LogP contribution in [0.2, 0.25) is 0 Å². The van der Waals surface area contributed by atoms with Crippen molar-refractivity contribution in [1.82, 2.24) is 5.32 Å². The summed E-state index contributed by atoms with van der Waals surface area (Å²) in [4.78, 5) is 12.0. The second-order valence-corrected chi connectivity index (χ2v) is 6.21. The van der Waals surface area contributed by atoms with Crippen LogP contribution in [0.15, 0.2) is 6.07 Å². The normalized spacial score (nSPS) is 22.0. The molecule has 1 N–H and O–H groups in total. The van der Waals surface area contributed by atoms with Gasteiger partial charge in [-0.05, 0) is 6.07 Å². The van der Waals surface area contributed by atoms with E-state index < -0.39 is 0 Å². The summed E-state index contributed by atoms with van der Waals surface area (Å²) in [6, 6.07) is 1.82. The highest BCUT2D eigenvalue weighted by Gasteiger charge is 2.36. The number of carbonyl (C=O) groups is 1. The number of nitrogens with one attached hydrogen (secondary N) is 1. The van der Waals surface area contributed by atoms with Gasteiger partial charge >= 0.3 is 5.97 Å². The van der Waals surface area contributed by atoms with E-state index in [2.05, 4.69) is 5.32 Å². The topological polar surface area (TPSA) is 75.3 Å². The van der Waals surface area contributed by atoms with Gasteiger partial charge < -0.3 is 29.0 Å². The first kappa shape index (κ1) is 16.7. The summed E-state index contributed by atoms with van der Waals surface area (Å²) in [6.07, 6.45) is 0.933. The summed E-state index contributed by atoms with van der Waals surface area (Å²) in [5.74, 6) is 2.03. The fourth-order valence-electron chi connectivity index (χ4n) is 3.17. The molecule has 2 atom stereocenters. The highest BCUT2D eigenvalue weighted by Crippen LogP contribution is 2.49. The molecule has 1 aromatic rings. The minimum Gasteiger partial charge on any atom is -0.492 e. The van der Waals surface area contributed by atoms with Crippen molar-refractivity contribution in [3.63, 3.8) is 0 Å². The zero-order valence-electron chi connectivity index (χ0n) is 14.4. The third-order valence-electron chi connectivity index (χ3n) is 4.11. The Labute approximate surface area is 141 Å². The number of esters is 1. The van der Waals surface area contributed by atoms with E-state index in [1.807, 2.05) is 19.9 Å². The molecule has 1 fully saturated rings. The Morgan fingerprint density at radius 3 is 2.67 bits per heavy atom. The van der Waals surface area contributed by atoms with Crippen LogP contribution in [0.4, 0.5) is 0 Å². The molecular formula is C17H23NO6. The Morgan fingerprint density at radius 1 is 1.25 bits per heavy atom. The maximum atomic E-state index is 12.0. The average molecular weight is 337 g/mol. The number of benzene rings is 1. The minimum absolute atomic E-state index is 0.150. The van der Waals surface area contributed by atoms with E-state index in [1.54, 1.807) is 14.2 Å². The van der Waals surface area contributed by atoms with Crippen LogP contribution in [0.25, 0.3) is 0 Å². The molecule has 0 aromatic heterocycles. The molecule has 132 valence electrons. The standard InChI is InChI=1S/C17H23NO6/c1-9(2)18-12-7-11(24-17(12)19)5-10-6-13-15(23-8-22-13)16(21-4)14(10)20-3/h6,9,11-12,18H,5,7-8H2,1-4H3/t11-,12+/m0/s1. The maximum Gasteiger partial charge on any atom is 0.323 e. The van der Waals surface area contributed by atoms with Crippen LogP contribution in [0.3, 0.4) is 0 Å². The first-order chi connectivity index (χ1) is 11.5. The molecule has 2 heterocycles. The van der Waals surface area contributed by atoms with Gasteiger partial charge in [0.05, 0.1) is 14.2 Å². The molecule has 2 aliphatic rings. The molecule has 0 amide bonds. The molecule has 7 heteroatoms. The summed E-state index contributed by atoms with van der Waals surface area (Å²) in [5.41, 5.74) is 0.863. The van der Waals surface area contributed by atoms with Gasteiger partial charge in [0, 0.05) is 24.4 Å². The molecule has 0 saturated carbocycles. The van der Waals surface area contributed by atoms with Gasteiger partial charge in [0.15, 0.2) is 11.5 Å². The molecule has 3 rings (SSSR count). The number of ether oxygens (including phenoxy) is 5.